The van der Waals surface area contributed by atoms with E-state index in [1.807, 2.05) is 20.8 Å². The number of anilines is 1. The molecule has 0 saturated heterocycles. The Bertz CT molecular complexity index is 423. The van der Waals surface area contributed by atoms with Crippen LogP contribution >= 0.6 is 11.8 Å². The van der Waals surface area contributed by atoms with Crippen LogP contribution in [0.1, 0.15) is 23.6 Å². The van der Waals surface area contributed by atoms with Gasteiger partial charge in [-0.1, -0.05) is 24.6 Å². The lowest BCUT2D eigenvalue weighted by Gasteiger charge is -2.13. The maximum Gasteiger partial charge on any atom is 0.234 e. The second kappa shape index (κ2) is 7.56. The van der Waals surface area contributed by atoms with Crippen LogP contribution in [0, 0.1) is 26.7 Å². The third-order valence-electron chi connectivity index (χ3n) is 2.89. The molecule has 0 aromatic heterocycles. The summed E-state index contributed by atoms with van der Waals surface area (Å²) in [6, 6.07) is 4.15. The third kappa shape index (κ3) is 5.25. The van der Waals surface area contributed by atoms with E-state index >= 15 is 0 Å². The molecule has 106 valence electrons. The SMILES string of the molecule is Cc1cc(C)c(NC(=O)CSCC(C)CO)c(C)c1. The summed E-state index contributed by atoms with van der Waals surface area (Å²) in [6.45, 7) is 8.22. The number of rotatable bonds is 6. The topological polar surface area (TPSA) is 49.3 Å². The van der Waals surface area contributed by atoms with E-state index in [9.17, 15) is 4.79 Å². The van der Waals surface area contributed by atoms with Crippen molar-refractivity contribution in [2.75, 3.05) is 23.4 Å². The van der Waals surface area contributed by atoms with Crippen LogP contribution in [0.25, 0.3) is 0 Å². The number of carbonyl (C=O) groups is 1. The summed E-state index contributed by atoms with van der Waals surface area (Å²) >= 11 is 1.56. The Morgan fingerprint density at radius 3 is 2.42 bits per heavy atom. The van der Waals surface area contributed by atoms with Crippen molar-refractivity contribution in [3.63, 3.8) is 0 Å². The zero-order valence-electron chi connectivity index (χ0n) is 12.1. The second-order valence-corrected chi connectivity index (χ2v) is 6.16. The van der Waals surface area contributed by atoms with Gasteiger partial charge in [-0.15, -0.1) is 0 Å². The fraction of sp³-hybridized carbons (Fsp3) is 0.533. The predicted molar refractivity (Wildman–Crippen MR) is 82.9 cm³/mol. The molecule has 1 aromatic rings. The summed E-state index contributed by atoms with van der Waals surface area (Å²) in [6.07, 6.45) is 0. The van der Waals surface area contributed by atoms with E-state index in [2.05, 4.69) is 24.4 Å². The monoisotopic (exact) mass is 281 g/mol. The molecule has 0 fully saturated rings. The molecule has 2 N–H and O–H groups in total. The molecule has 0 aliphatic carbocycles. The number of aryl methyl sites for hydroxylation is 3. The van der Waals surface area contributed by atoms with Crippen molar-refractivity contribution in [2.45, 2.75) is 27.7 Å². The van der Waals surface area contributed by atoms with Gasteiger partial charge in [0.1, 0.15) is 0 Å². The van der Waals surface area contributed by atoms with Gasteiger partial charge in [-0.05, 0) is 43.6 Å². The number of amides is 1. The first kappa shape index (κ1) is 16.1. The van der Waals surface area contributed by atoms with Crippen LogP contribution in [0.4, 0.5) is 5.69 Å². The van der Waals surface area contributed by atoms with E-state index in [0.717, 1.165) is 22.6 Å². The first-order valence-corrected chi connectivity index (χ1v) is 7.65. The van der Waals surface area contributed by atoms with E-state index in [-0.39, 0.29) is 18.4 Å². The Labute approximate surface area is 119 Å². The Hall–Kier alpha value is -1.00. The fourth-order valence-electron chi connectivity index (χ4n) is 1.96. The summed E-state index contributed by atoms with van der Waals surface area (Å²) in [5, 5.41) is 11.9. The molecule has 0 radical (unpaired) electrons. The minimum absolute atomic E-state index is 0.0187. The van der Waals surface area contributed by atoms with Gasteiger partial charge in [-0.3, -0.25) is 4.79 Å². The van der Waals surface area contributed by atoms with Gasteiger partial charge >= 0.3 is 0 Å². The molecule has 1 amide bonds. The summed E-state index contributed by atoms with van der Waals surface area (Å²) < 4.78 is 0. The highest BCUT2D eigenvalue weighted by atomic mass is 32.2. The van der Waals surface area contributed by atoms with Crippen molar-refractivity contribution in [3.05, 3.63) is 28.8 Å². The molecular weight excluding hydrogens is 258 g/mol. The maximum absolute atomic E-state index is 11.9. The lowest BCUT2D eigenvalue weighted by molar-refractivity contribution is -0.113. The first-order valence-electron chi connectivity index (χ1n) is 6.50. The molecule has 0 heterocycles. The van der Waals surface area contributed by atoms with E-state index in [1.54, 1.807) is 11.8 Å². The molecule has 0 saturated carbocycles. The Kier molecular flexibility index (Phi) is 6.38. The largest absolute Gasteiger partial charge is 0.396 e. The van der Waals surface area contributed by atoms with Crippen molar-refractivity contribution in [3.8, 4) is 0 Å². The smallest absolute Gasteiger partial charge is 0.234 e. The Morgan fingerprint density at radius 2 is 1.89 bits per heavy atom. The number of hydrogen-bond acceptors (Lipinski definition) is 3. The van der Waals surface area contributed by atoms with Crippen molar-refractivity contribution >= 4 is 23.4 Å². The summed E-state index contributed by atoms with van der Waals surface area (Å²) in [5.41, 5.74) is 4.32. The number of benzene rings is 1. The van der Waals surface area contributed by atoms with Gasteiger partial charge < -0.3 is 10.4 Å². The average molecular weight is 281 g/mol. The van der Waals surface area contributed by atoms with Gasteiger partial charge in [0.05, 0.1) is 5.75 Å². The number of nitrogens with one attached hydrogen (secondary N) is 1. The highest BCUT2D eigenvalue weighted by Gasteiger charge is 2.09. The highest BCUT2D eigenvalue weighted by molar-refractivity contribution is 7.99. The van der Waals surface area contributed by atoms with Crippen molar-refractivity contribution in [1.29, 1.82) is 0 Å². The standard InChI is InChI=1S/C15H23NO2S/c1-10-5-12(3)15(13(4)6-10)16-14(18)9-19-8-11(2)7-17/h5-6,11,17H,7-9H2,1-4H3,(H,16,18). The molecule has 0 bridgehead atoms. The van der Waals surface area contributed by atoms with E-state index in [0.29, 0.717) is 5.75 Å². The minimum Gasteiger partial charge on any atom is -0.396 e. The summed E-state index contributed by atoms with van der Waals surface area (Å²) in [4.78, 5) is 11.9. The quantitative estimate of drug-likeness (QED) is 0.843. The number of aliphatic hydroxyl groups is 1. The van der Waals surface area contributed by atoms with Gasteiger partial charge in [0, 0.05) is 12.3 Å². The second-order valence-electron chi connectivity index (χ2n) is 5.12. The van der Waals surface area contributed by atoms with Gasteiger partial charge in [0.25, 0.3) is 0 Å². The third-order valence-corrected chi connectivity index (χ3v) is 4.16. The molecule has 19 heavy (non-hydrogen) atoms. The van der Waals surface area contributed by atoms with E-state index in [4.69, 9.17) is 5.11 Å². The molecule has 1 rings (SSSR count). The molecule has 1 atom stereocenters. The zero-order valence-corrected chi connectivity index (χ0v) is 12.9. The number of hydrogen-bond donors (Lipinski definition) is 2. The minimum atomic E-state index is 0.0187. The summed E-state index contributed by atoms with van der Waals surface area (Å²) in [7, 11) is 0. The summed E-state index contributed by atoms with van der Waals surface area (Å²) in [5.74, 6) is 1.48. The first-order chi connectivity index (χ1) is 8.93. The van der Waals surface area contributed by atoms with E-state index < -0.39 is 0 Å². The average Bonchev–Trinajstić information content (AvgIpc) is 2.33. The predicted octanol–water partition coefficient (Wildman–Crippen LogP) is 2.91. The molecule has 1 unspecified atom stereocenters. The normalized spacial score (nSPS) is 12.3. The maximum atomic E-state index is 11.9. The number of thioether (sulfide) groups is 1. The van der Waals surface area contributed by atoms with Gasteiger partial charge in [0.15, 0.2) is 0 Å². The Balaban J connectivity index is 2.53. The van der Waals surface area contributed by atoms with Crippen LogP contribution in [0.2, 0.25) is 0 Å². The van der Waals surface area contributed by atoms with Crippen molar-refractivity contribution < 1.29 is 9.90 Å². The van der Waals surface area contributed by atoms with Crippen molar-refractivity contribution in [1.82, 2.24) is 0 Å². The van der Waals surface area contributed by atoms with Crippen LogP contribution in [0.5, 0.6) is 0 Å². The van der Waals surface area contributed by atoms with Gasteiger partial charge in [-0.2, -0.15) is 11.8 Å². The molecule has 0 spiro atoms. The van der Waals surface area contributed by atoms with Crippen molar-refractivity contribution in [2.24, 2.45) is 5.92 Å². The molecule has 0 aliphatic rings. The van der Waals surface area contributed by atoms with Gasteiger partial charge in [0.2, 0.25) is 5.91 Å². The van der Waals surface area contributed by atoms with Gasteiger partial charge in [-0.25, -0.2) is 0 Å². The van der Waals surface area contributed by atoms with E-state index in [1.165, 1.54) is 5.56 Å². The van der Waals surface area contributed by atoms with Crippen LogP contribution in [0.15, 0.2) is 12.1 Å². The number of aliphatic hydroxyl groups excluding tert-OH is 1. The van der Waals surface area contributed by atoms with Crippen LogP contribution in [-0.4, -0.2) is 29.1 Å². The highest BCUT2D eigenvalue weighted by Crippen LogP contribution is 2.22. The zero-order chi connectivity index (χ0) is 14.4. The lowest BCUT2D eigenvalue weighted by Crippen LogP contribution is -2.17. The van der Waals surface area contributed by atoms with Crippen LogP contribution < -0.4 is 5.32 Å². The van der Waals surface area contributed by atoms with Crippen LogP contribution in [-0.2, 0) is 4.79 Å². The molecule has 4 heteroatoms. The Morgan fingerprint density at radius 1 is 1.32 bits per heavy atom. The molecule has 0 aliphatic heterocycles. The molecular formula is C15H23NO2S. The number of carbonyl (C=O) groups excluding carboxylic acids is 1. The molecule has 3 nitrogen and oxygen atoms in total. The fourth-order valence-corrected chi connectivity index (χ4v) is 2.84. The molecule has 1 aromatic carbocycles. The lowest BCUT2D eigenvalue weighted by atomic mass is 10.1. The van der Waals surface area contributed by atoms with Crippen LogP contribution in [0.3, 0.4) is 0 Å².